The van der Waals surface area contributed by atoms with Crippen LogP contribution < -0.4 is 5.32 Å². The lowest BCUT2D eigenvalue weighted by Crippen LogP contribution is -2.34. The molecule has 1 heterocycles. The van der Waals surface area contributed by atoms with E-state index in [0.29, 0.717) is 5.41 Å². The normalized spacial score (nSPS) is 12.3. The van der Waals surface area contributed by atoms with Gasteiger partial charge >= 0.3 is 0 Å². The summed E-state index contributed by atoms with van der Waals surface area (Å²) in [5, 5.41) is 5.70. The van der Waals surface area contributed by atoms with E-state index in [-0.39, 0.29) is 0 Å². The minimum atomic E-state index is 0.398. The molecule has 0 aliphatic rings. The molecule has 0 saturated heterocycles. The summed E-state index contributed by atoms with van der Waals surface area (Å²) in [5.74, 6) is 0.728. The van der Waals surface area contributed by atoms with E-state index in [2.05, 4.69) is 50.5 Å². The summed E-state index contributed by atoms with van der Waals surface area (Å²) in [7, 11) is 0. The van der Waals surface area contributed by atoms with E-state index in [4.69, 9.17) is 0 Å². The molecule has 0 unspecified atom stereocenters. The van der Waals surface area contributed by atoms with E-state index >= 15 is 0 Å². The number of nitrogens with one attached hydrogen (secondary N) is 1. The van der Waals surface area contributed by atoms with E-state index in [0.717, 1.165) is 25.4 Å². The van der Waals surface area contributed by atoms with Crippen molar-refractivity contribution in [3.8, 4) is 0 Å². The Morgan fingerprint density at radius 3 is 2.67 bits per heavy atom. The van der Waals surface area contributed by atoms with Crippen molar-refractivity contribution in [1.29, 1.82) is 0 Å². The quantitative estimate of drug-likeness (QED) is 0.730. The molecule has 0 amide bonds. The van der Waals surface area contributed by atoms with Gasteiger partial charge in [0.15, 0.2) is 0 Å². The molecule has 0 bridgehead atoms. The van der Waals surface area contributed by atoms with Gasteiger partial charge in [0.05, 0.1) is 0 Å². The maximum absolute atomic E-state index is 3.55. The highest BCUT2D eigenvalue weighted by atomic mass is 32.1. The summed E-state index contributed by atoms with van der Waals surface area (Å²) in [5.41, 5.74) is 0.398. The van der Waals surface area contributed by atoms with Crippen LogP contribution in [0.3, 0.4) is 0 Å². The Labute approximate surface area is 97.9 Å². The molecule has 1 aromatic rings. The monoisotopic (exact) mass is 225 g/mol. The van der Waals surface area contributed by atoms with Crippen molar-refractivity contribution in [3.63, 3.8) is 0 Å². The summed E-state index contributed by atoms with van der Waals surface area (Å²) in [6.07, 6.45) is 1.16. The van der Waals surface area contributed by atoms with Gasteiger partial charge in [-0.05, 0) is 35.7 Å². The van der Waals surface area contributed by atoms with Gasteiger partial charge in [-0.2, -0.15) is 0 Å². The zero-order valence-corrected chi connectivity index (χ0v) is 11.2. The molecule has 0 fully saturated rings. The Hall–Kier alpha value is -0.340. The van der Waals surface area contributed by atoms with Gasteiger partial charge in [0.1, 0.15) is 0 Å². The van der Waals surface area contributed by atoms with Crippen LogP contribution in [0, 0.1) is 11.3 Å². The van der Waals surface area contributed by atoms with Crippen LogP contribution in [0.4, 0.5) is 0 Å². The number of hydrogen-bond donors (Lipinski definition) is 1. The summed E-state index contributed by atoms with van der Waals surface area (Å²) in [6.45, 7) is 11.4. The molecule has 15 heavy (non-hydrogen) atoms. The Morgan fingerprint density at radius 1 is 1.40 bits per heavy atom. The van der Waals surface area contributed by atoms with Gasteiger partial charge in [0, 0.05) is 11.4 Å². The van der Waals surface area contributed by atoms with Gasteiger partial charge in [-0.3, -0.25) is 0 Å². The van der Waals surface area contributed by atoms with Gasteiger partial charge in [-0.25, -0.2) is 0 Å². The van der Waals surface area contributed by atoms with Gasteiger partial charge in [-0.1, -0.05) is 33.8 Å². The minimum absolute atomic E-state index is 0.398. The topological polar surface area (TPSA) is 12.0 Å². The fraction of sp³-hybridized carbons (Fsp3) is 0.692. The summed E-state index contributed by atoms with van der Waals surface area (Å²) < 4.78 is 0. The fourth-order valence-corrected chi connectivity index (χ4v) is 1.99. The molecule has 0 aromatic carbocycles. The zero-order valence-electron chi connectivity index (χ0n) is 10.3. The minimum Gasteiger partial charge on any atom is -0.316 e. The molecule has 1 N–H and O–H groups in total. The molecular weight excluding hydrogens is 202 g/mol. The van der Waals surface area contributed by atoms with E-state index in [1.54, 1.807) is 0 Å². The molecule has 1 rings (SSSR count). The van der Waals surface area contributed by atoms with Gasteiger partial charge in [0.25, 0.3) is 0 Å². The number of thiophene rings is 1. The molecule has 0 spiro atoms. The van der Waals surface area contributed by atoms with Crippen LogP contribution in [0.25, 0.3) is 0 Å². The third-order valence-corrected chi connectivity index (χ3v) is 4.21. The van der Waals surface area contributed by atoms with Crippen LogP contribution >= 0.6 is 11.3 Å². The SMILES string of the molecule is CC(C)C(C)(C)CNCCc1cccs1. The summed E-state index contributed by atoms with van der Waals surface area (Å²) in [6, 6.07) is 4.33. The molecule has 86 valence electrons. The Morgan fingerprint density at radius 2 is 2.13 bits per heavy atom. The molecule has 0 radical (unpaired) electrons. The van der Waals surface area contributed by atoms with Crippen molar-refractivity contribution >= 4 is 11.3 Å². The van der Waals surface area contributed by atoms with E-state index < -0.39 is 0 Å². The van der Waals surface area contributed by atoms with Crippen LogP contribution in [0.5, 0.6) is 0 Å². The number of rotatable bonds is 6. The maximum atomic E-state index is 3.55. The average Bonchev–Trinajstić information content (AvgIpc) is 2.64. The first-order valence-electron chi connectivity index (χ1n) is 5.75. The van der Waals surface area contributed by atoms with Crippen LogP contribution in [-0.2, 0) is 6.42 Å². The molecule has 1 nitrogen and oxygen atoms in total. The zero-order chi connectivity index (χ0) is 11.3. The Bertz CT molecular complexity index is 262. The molecule has 0 aliphatic carbocycles. The van der Waals surface area contributed by atoms with Gasteiger partial charge in [0.2, 0.25) is 0 Å². The predicted molar refractivity (Wildman–Crippen MR) is 69.5 cm³/mol. The standard InChI is InChI=1S/C13H23NS/c1-11(2)13(3,4)10-14-8-7-12-6-5-9-15-12/h5-6,9,11,14H,7-8,10H2,1-4H3. The Kier molecular flexibility index (Phi) is 4.81. The van der Waals surface area contributed by atoms with Crippen LogP contribution in [0.2, 0.25) is 0 Å². The largest absolute Gasteiger partial charge is 0.316 e. The highest BCUT2D eigenvalue weighted by molar-refractivity contribution is 7.09. The predicted octanol–water partition coefficient (Wildman–Crippen LogP) is 3.56. The molecule has 2 heteroatoms. The molecule has 0 aliphatic heterocycles. The first-order valence-corrected chi connectivity index (χ1v) is 6.63. The van der Waals surface area contributed by atoms with Gasteiger partial charge in [-0.15, -0.1) is 11.3 Å². The van der Waals surface area contributed by atoms with E-state index in [9.17, 15) is 0 Å². The van der Waals surface area contributed by atoms with Crippen molar-refractivity contribution in [2.45, 2.75) is 34.1 Å². The van der Waals surface area contributed by atoms with Crippen LogP contribution in [0.1, 0.15) is 32.6 Å². The highest BCUT2D eigenvalue weighted by Gasteiger charge is 2.21. The fourth-order valence-electron chi connectivity index (χ4n) is 1.28. The highest BCUT2D eigenvalue weighted by Crippen LogP contribution is 2.24. The lowest BCUT2D eigenvalue weighted by Gasteiger charge is -2.29. The molecular formula is C13H23NS. The van der Waals surface area contributed by atoms with Crippen molar-refractivity contribution < 1.29 is 0 Å². The molecule has 0 atom stereocenters. The molecule has 1 aromatic heterocycles. The third-order valence-electron chi connectivity index (χ3n) is 3.27. The van der Waals surface area contributed by atoms with Crippen molar-refractivity contribution in [2.24, 2.45) is 11.3 Å². The second kappa shape index (κ2) is 5.66. The lowest BCUT2D eigenvalue weighted by molar-refractivity contribution is 0.239. The number of hydrogen-bond acceptors (Lipinski definition) is 2. The summed E-state index contributed by atoms with van der Waals surface area (Å²) >= 11 is 1.85. The maximum Gasteiger partial charge on any atom is 0.00578 e. The van der Waals surface area contributed by atoms with Crippen molar-refractivity contribution in [3.05, 3.63) is 22.4 Å². The average molecular weight is 225 g/mol. The first-order chi connectivity index (χ1) is 7.02. The molecule has 0 saturated carbocycles. The van der Waals surface area contributed by atoms with Crippen LogP contribution in [-0.4, -0.2) is 13.1 Å². The van der Waals surface area contributed by atoms with Crippen LogP contribution in [0.15, 0.2) is 17.5 Å². The van der Waals surface area contributed by atoms with Crippen molar-refractivity contribution in [2.75, 3.05) is 13.1 Å². The lowest BCUT2D eigenvalue weighted by atomic mass is 9.81. The van der Waals surface area contributed by atoms with E-state index in [1.807, 2.05) is 11.3 Å². The van der Waals surface area contributed by atoms with Gasteiger partial charge < -0.3 is 5.32 Å². The smallest absolute Gasteiger partial charge is 0.00578 e. The second-order valence-corrected chi connectivity index (χ2v) is 6.18. The first kappa shape index (κ1) is 12.7. The third kappa shape index (κ3) is 4.35. The van der Waals surface area contributed by atoms with Crippen molar-refractivity contribution in [1.82, 2.24) is 5.32 Å². The summed E-state index contributed by atoms with van der Waals surface area (Å²) in [4.78, 5) is 1.48. The van der Waals surface area contributed by atoms with E-state index in [1.165, 1.54) is 4.88 Å². The Balaban J connectivity index is 2.17. The second-order valence-electron chi connectivity index (χ2n) is 5.15.